The number of carbonyl (C=O) groups is 6. The van der Waals surface area contributed by atoms with Crippen LogP contribution in [0.5, 0.6) is 28.7 Å². The highest BCUT2D eigenvalue weighted by atomic mass is 79.9. The Bertz CT molecular complexity index is 4660. The van der Waals surface area contributed by atoms with Gasteiger partial charge < -0.3 is 53.6 Å². The molecule has 0 aromatic heterocycles. The molecule has 10 aromatic rings. The smallest absolute Gasteiger partial charge is 0.379 e. The molecule has 17 nitrogen and oxygen atoms in total. The highest BCUT2D eigenvalue weighted by Crippen LogP contribution is 2.34. The van der Waals surface area contributed by atoms with Crippen molar-refractivity contribution in [3.8, 4) is 28.7 Å². The first-order valence-electron chi connectivity index (χ1n) is 38.3. The number of carboxylic acids is 1. The molecule has 590 valence electrons. The molecule has 111 heavy (non-hydrogen) atoms. The molecule has 4 N–H and O–H groups in total. The standard InChI is InChI=1S/C19H22O4.C19H20O4.C17H18O4.C15H15BrO.C10H7BrO.C5H9Br.C5H8O3.CH4/c2*1-2-22-19(21)18(20)15-8-7-14-12-17(10-9-13(14)11-15)23-16-5-3-4-6-16;18-16(17(19)20)13-6-5-12-10-15(8-7-11(12)9-13)21-14-3-1-2-4-14;16-13-7-5-12-10-15(8-6-11(12)9-13)17-14-3-1-2-4-14;11-9-3-1-8-6-10(12)4-2-7(8)5-9;6-5-3-1-2-4-5;1-3-8-5(7)4(2)6;/h7-12,16,18,20H,2-6H2,1H3;7-12,16H,2-6H2,1H3;5-10,14,16,18H,1-4H2,(H,19,20);5-10,14H,1-4H2;1-6,12H;5H,1-4H2;3H2,1-2H3;1H4. The first kappa shape index (κ1) is 87.7. The number of alkyl halides is 1. The van der Waals surface area contributed by atoms with Gasteiger partial charge in [0.15, 0.2) is 12.2 Å². The summed E-state index contributed by atoms with van der Waals surface area (Å²) in [7, 11) is 0. The summed E-state index contributed by atoms with van der Waals surface area (Å²) in [6.45, 7) is 6.94. The van der Waals surface area contributed by atoms with E-state index in [-0.39, 0.29) is 27.2 Å². The van der Waals surface area contributed by atoms with Crippen LogP contribution in [0.15, 0.2) is 191 Å². The van der Waals surface area contributed by atoms with E-state index in [4.69, 9.17) is 33.5 Å². The van der Waals surface area contributed by atoms with Gasteiger partial charge in [-0.25, -0.2) is 19.2 Å². The summed E-state index contributed by atoms with van der Waals surface area (Å²) in [5.41, 5.74) is 1.28. The van der Waals surface area contributed by atoms with Crippen molar-refractivity contribution in [3.63, 3.8) is 0 Å². The highest BCUT2D eigenvalue weighted by Gasteiger charge is 2.24. The van der Waals surface area contributed by atoms with E-state index in [2.05, 4.69) is 88.9 Å². The SMILES string of the molecule is BrC1CCCC1.Brc1ccc2cc(OC3CCCC3)ccc2c1.C.CCOC(=O)C(=O)c1ccc2cc(OC3CCCC3)ccc2c1.CCOC(=O)C(C)=O.CCOC(=O)C(O)c1ccc2cc(OC3CCCC3)ccc2c1.O=C(O)C(O)c1ccc2cc(OC3CCCC3)ccc2c1.Oc1ccc2cc(Br)ccc2c1. The van der Waals surface area contributed by atoms with Crippen molar-refractivity contribution in [2.75, 3.05) is 19.8 Å². The Kier molecular flexibility index (Phi) is 35.5. The second kappa shape index (κ2) is 44.9. The molecule has 2 unspecified atom stereocenters. The number of hydrogen-bond donors (Lipinski definition) is 4. The maximum Gasteiger partial charge on any atom is 0.379 e. The molecule has 15 rings (SSSR count). The van der Waals surface area contributed by atoms with E-state index >= 15 is 0 Å². The largest absolute Gasteiger partial charge is 0.508 e. The van der Waals surface area contributed by atoms with Gasteiger partial charge in [-0.15, -0.1) is 0 Å². The maximum atomic E-state index is 12.0. The van der Waals surface area contributed by atoms with E-state index in [9.17, 15) is 44.1 Å². The second-order valence-corrected chi connectivity index (χ2v) is 30.9. The van der Waals surface area contributed by atoms with Crippen LogP contribution in [0.4, 0.5) is 0 Å². The zero-order valence-electron chi connectivity index (χ0n) is 62.9. The number of aliphatic hydroxyl groups excluding tert-OH is 2. The van der Waals surface area contributed by atoms with E-state index in [0.717, 1.165) is 118 Å². The molecule has 2 atom stereocenters. The molecule has 5 fully saturated rings. The van der Waals surface area contributed by atoms with Crippen LogP contribution in [-0.4, -0.2) is 105 Å². The monoisotopic (exact) mass is 1700 g/mol. The van der Waals surface area contributed by atoms with Crippen molar-refractivity contribution in [3.05, 3.63) is 208 Å². The number of ketones is 2. The number of ether oxygens (including phenoxy) is 7. The van der Waals surface area contributed by atoms with Gasteiger partial charge in [0.1, 0.15) is 28.7 Å². The Morgan fingerprint density at radius 2 is 0.685 bits per heavy atom. The third-order valence-electron chi connectivity index (χ3n) is 19.4. The number of rotatable bonds is 18. The Morgan fingerprint density at radius 3 is 1.04 bits per heavy atom. The van der Waals surface area contributed by atoms with Gasteiger partial charge in [-0.3, -0.25) is 9.59 Å². The fraction of sp³-hybridized carbons (Fsp3) is 0.385. The lowest BCUT2D eigenvalue weighted by Crippen LogP contribution is -2.17. The first-order valence-corrected chi connectivity index (χ1v) is 40.8. The minimum atomic E-state index is -1.48. The summed E-state index contributed by atoms with van der Waals surface area (Å²) >= 11 is 10.4. The van der Waals surface area contributed by atoms with Crippen LogP contribution in [0.25, 0.3) is 53.9 Å². The van der Waals surface area contributed by atoms with Gasteiger partial charge in [0.05, 0.1) is 44.2 Å². The molecule has 20 heteroatoms. The number of Topliss-reactive ketones (excluding diaryl/α,β-unsaturated/α-hetero) is 2. The summed E-state index contributed by atoms with van der Waals surface area (Å²) in [6.07, 6.45) is 23.5. The van der Waals surface area contributed by atoms with Crippen LogP contribution in [0, 0.1) is 0 Å². The van der Waals surface area contributed by atoms with Gasteiger partial charge in [0.25, 0.3) is 5.78 Å². The highest BCUT2D eigenvalue weighted by molar-refractivity contribution is 9.10. The van der Waals surface area contributed by atoms with Crippen molar-refractivity contribution in [2.24, 2.45) is 0 Å². The topological polar surface area (TPSA) is 248 Å². The Morgan fingerprint density at radius 1 is 0.378 bits per heavy atom. The number of benzene rings is 10. The number of aromatic hydroxyl groups is 1. The van der Waals surface area contributed by atoms with Crippen LogP contribution in [0.1, 0.15) is 197 Å². The number of esters is 3. The van der Waals surface area contributed by atoms with Crippen molar-refractivity contribution >= 4 is 137 Å². The summed E-state index contributed by atoms with van der Waals surface area (Å²) in [5, 5.41) is 48.1. The summed E-state index contributed by atoms with van der Waals surface area (Å²) in [4.78, 5) is 67.0. The molecule has 5 aliphatic rings. The maximum absolute atomic E-state index is 12.0. The van der Waals surface area contributed by atoms with Gasteiger partial charge >= 0.3 is 23.9 Å². The predicted molar refractivity (Wildman–Crippen MR) is 449 cm³/mol. The number of hydrogen-bond acceptors (Lipinski definition) is 16. The van der Waals surface area contributed by atoms with Crippen molar-refractivity contribution in [1.29, 1.82) is 0 Å². The fourth-order valence-electron chi connectivity index (χ4n) is 13.6. The molecule has 0 spiro atoms. The Balaban J connectivity index is 0.000000168. The number of aliphatic hydroxyl groups is 2. The quantitative estimate of drug-likeness (QED) is 0.0205. The van der Waals surface area contributed by atoms with E-state index in [1.807, 2.05) is 103 Å². The van der Waals surface area contributed by atoms with E-state index in [0.29, 0.717) is 46.9 Å². The molecule has 0 aliphatic heterocycles. The Hall–Kier alpha value is -8.92. The average molecular weight is 1710 g/mol. The minimum absolute atomic E-state index is 0. The molecule has 0 amide bonds. The number of carboxylic acid groups (broad SMARTS) is 1. The zero-order valence-corrected chi connectivity index (χ0v) is 67.6. The number of phenolic OH excluding ortho intramolecular Hbond substituents is 1. The molecule has 10 aromatic carbocycles. The normalized spacial score (nSPS) is 15.3. The molecule has 0 bridgehead atoms. The van der Waals surface area contributed by atoms with Gasteiger partial charge in [-0.1, -0.05) is 147 Å². The molecule has 0 radical (unpaired) electrons. The van der Waals surface area contributed by atoms with Crippen LogP contribution in [0.3, 0.4) is 0 Å². The summed E-state index contributed by atoms with van der Waals surface area (Å²) in [5.74, 6) is -0.689. The fourth-order valence-corrected chi connectivity index (χ4v) is 15.0. The summed E-state index contributed by atoms with van der Waals surface area (Å²) in [6, 6.07) is 57.3. The van der Waals surface area contributed by atoms with Crippen molar-refractivity contribution < 1.29 is 82.4 Å². The number of carbonyl (C=O) groups excluding carboxylic acids is 5. The number of halogens is 3. The molecule has 0 saturated heterocycles. The first-order chi connectivity index (χ1) is 53.1. The lowest BCUT2D eigenvalue weighted by atomic mass is 10.0. The van der Waals surface area contributed by atoms with Crippen LogP contribution >= 0.6 is 47.8 Å². The molecule has 5 saturated carbocycles. The number of aliphatic carboxylic acids is 1. The third-order valence-corrected chi connectivity index (χ3v) is 21.3. The Labute approximate surface area is 676 Å². The lowest BCUT2D eigenvalue weighted by molar-refractivity contribution is -0.153. The van der Waals surface area contributed by atoms with Crippen LogP contribution < -0.4 is 18.9 Å². The second-order valence-electron chi connectivity index (χ2n) is 27.8. The van der Waals surface area contributed by atoms with Crippen molar-refractivity contribution in [2.45, 2.75) is 205 Å². The van der Waals surface area contributed by atoms with Crippen molar-refractivity contribution in [1.82, 2.24) is 0 Å². The minimum Gasteiger partial charge on any atom is -0.508 e. The lowest BCUT2D eigenvalue weighted by Gasteiger charge is -2.14. The van der Waals surface area contributed by atoms with Gasteiger partial charge in [-0.05, 0) is 304 Å². The van der Waals surface area contributed by atoms with Gasteiger partial charge in [0, 0.05) is 26.3 Å². The zero-order chi connectivity index (χ0) is 78.5. The summed E-state index contributed by atoms with van der Waals surface area (Å²) < 4.78 is 40.1. The number of phenols is 1. The van der Waals surface area contributed by atoms with Crippen LogP contribution in [-0.2, 0) is 38.2 Å². The molecular formula is C91H103Br3O17. The molecule has 5 aliphatic carbocycles. The third kappa shape index (κ3) is 27.8. The van der Waals surface area contributed by atoms with E-state index in [1.54, 1.807) is 63.2 Å². The van der Waals surface area contributed by atoms with Crippen LogP contribution in [0.2, 0.25) is 0 Å². The van der Waals surface area contributed by atoms with E-state index in [1.165, 1.54) is 108 Å². The predicted octanol–water partition coefficient (Wildman–Crippen LogP) is 22.3. The molecule has 0 heterocycles. The molecular weight excluding hydrogens is 1600 g/mol. The van der Waals surface area contributed by atoms with E-state index < -0.39 is 47.7 Å². The number of fused-ring (bicyclic) bond motifs is 5. The van der Waals surface area contributed by atoms with Gasteiger partial charge in [0.2, 0.25) is 5.78 Å². The average Bonchev–Trinajstić information content (AvgIpc) is 1.35. The van der Waals surface area contributed by atoms with Gasteiger partial charge in [-0.2, -0.15) is 0 Å².